The number of nitrogens with one attached hydrogen (secondary N) is 2. The van der Waals surface area contributed by atoms with Gasteiger partial charge < -0.3 is 10.5 Å². The zero-order chi connectivity index (χ0) is 12.9. The smallest absolute Gasteiger partial charge is 0.426 e. The van der Waals surface area contributed by atoms with Crippen LogP contribution in [0.5, 0.6) is 0 Å². The molecule has 0 aliphatic heterocycles. The summed E-state index contributed by atoms with van der Waals surface area (Å²) in [5.74, 6) is -0.443. The summed E-state index contributed by atoms with van der Waals surface area (Å²) in [4.78, 5) is 22.5. The first kappa shape index (κ1) is 14.7. The number of hydrogen-bond acceptors (Lipinski definition) is 4. The van der Waals surface area contributed by atoms with Gasteiger partial charge in [-0.15, -0.1) is 0 Å². The Bertz CT molecular complexity index is 259. The highest BCUT2D eigenvalue weighted by molar-refractivity contribution is 5.83. The second kappa shape index (κ2) is 5.69. The molecule has 6 heteroatoms. The molecule has 0 rings (SSSR count). The van der Waals surface area contributed by atoms with Crippen LogP contribution >= 0.6 is 0 Å². The van der Waals surface area contributed by atoms with E-state index in [2.05, 4.69) is 10.9 Å². The zero-order valence-electron chi connectivity index (χ0n) is 10.5. The topological polar surface area (TPSA) is 93.5 Å². The minimum Gasteiger partial charge on any atom is -0.443 e. The quantitative estimate of drug-likeness (QED) is 0.604. The molecule has 0 unspecified atom stereocenters. The van der Waals surface area contributed by atoms with Crippen LogP contribution in [-0.4, -0.2) is 23.6 Å². The molecule has 6 nitrogen and oxygen atoms in total. The van der Waals surface area contributed by atoms with Crippen molar-refractivity contribution in [2.45, 2.75) is 46.3 Å². The summed E-state index contributed by atoms with van der Waals surface area (Å²) in [6, 6.07) is -0.657. The van der Waals surface area contributed by atoms with Gasteiger partial charge in [-0.05, 0) is 26.7 Å². The van der Waals surface area contributed by atoms with E-state index in [0.29, 0.717) is 0 Å². The maximum Gasteiger partial charge on any atom is 0.426 e. The molecular formula is C10H21N3O3. The lowest BCUT2D eigenvalue weighted by Gasteiger charge is -2.21. The molecule has 0 spiro atoms. The number of rotatable bonds is 2. The van der Waals surface area contributed by atoms with Gasteiger partial charge in [-0.2, -0.15) is 0 Å². The maximum absolute atomic E-state index is 11.3. The summed E-state index contributed by atoms with van der Waals surface area (Å²) in [6.07, 6.45) is -0.711. The molecule has 0 aromatic carbocycles. The van der Waals surface area contributed by atoms with E-state index in [4.69, 9.17) is 10.5 Å². The fourth-order valence-electron chi connectivity index (χ4n) is 0.802. The van der Waals surface area contributed by atoms with E-state index in [1.165, 1.54) is 0 Å². The van der Waals surface area contributed by atoms with Gasteiger partial charge in [-0.1, -0.05) is 13.8 Å². The molecule has 2 amide bonds. The fourth-order valence-corrected chi connectivity index (χ4v) is 0.802. The van der Waals surface area contributed by atoms with Gasteiger partial charge in [0, 0.05) is 0 Å². The maximum atomic E-state index is 11.3. The van der Waals surface area contributed by atoms with Gasteiger partial charge >= 0.3 is 6.09 Å². The van der Waals surface area contributed by atoms with Crippen LogP contribution in [0.2, 0.25) is 0 Å². The second-order valence-corrected chi connectivity index (χ2v) is 4.89. The first-order chi connectivity index (χ1) is 7.13. The predicted molar refractivity (Wildman–Crippen MR) is 60.3 cm³/mol. The summed E-state index contributed by atoms with van der Waals surface area (Å²) in [5.41, 5.74) is 9.30. The van der Waals surface area contributed by atoms with E-state index >= 15 is 0 Å². The number of ether oxygens (including phenoxy) is 1. The van der Waals surface area contributed by atoms with Gasteiger partial charge in [0.2, 0.25) is 0 Å². The van der Waals surface area contributed by atoms with Crippen molar-refractivity contribution in [3.8, 4) is 0 Å². The molecule has 16 heavy (non-hydrogen) atoms. The molecule has 0 fully saturated rings. The third-order valence-corrected chi connectivity index (χ3v) is 1.71. The van der Waals surface area contributed by atoms with Crippen LogP contribution in [0.4, 0.5) is 4.79 Å². The number of nitrogens with two attached hydrogens (primary N) is 1. The number of amides is 2. The third kappa shape index (κ3) is 6.23. The molecule has 0 bridgehead atoms. The van der Waals surface area contributed by atoms with Crippen molar-refractivity contribution < 1.29 is 14.3 Å². The van der Waals surface area contributed by atoms with E-state index in [1.54, 1.807) is 20.8 Å². The lowest BCUT2D eigenvalue weighted by Crippen LogP contribution is -2.52. The summed E-state index contributed by atoms with van der Waals surface area (Å²) < 4.78 is 4.92. The molecule has 0 aliphatic carbocycles. The van der Waals surface area contributed by atoms with E-state index < -0.39 is 23.6 Å². The molecule has 94 valence electrons. The highest BCUT2D eigenvalue weighted by Gasteiger charge is 2.19. The van der Waals surface area contributed by atoms with Crippen LogP contribution in [0.15, 0.2) is 0 Å². The lowest BCUT2D eigenvalue weighted by atomic mass is 10.1. The van der Waals surface area contributed by atoms with Crippen LogP contribution in [0.25, 0.3) is 0 Å². The van der Waals surface area contributed by atoms with Crippen LogP contribution in [0.3, 0.4) is 0 Å². The van der Waals surface area contributed by atoms with Gasteiger partial charge in [-0.3, -0.25) is 10.2 Å². The molecular weight excluding hydrogens is 210 g/mol. The minimum atomic E-state index is -0.711. The average Bonchev–Trinajstić information content (AvgIpc) is 2.09. The molecule has 0 aromatic rings. The molecule has 0 saturated carbocycles. The number of carbonyl (C=O) groups is 2. The minimum absolute atomic E-state index is 0.000404. The summed E-state index contributed by atoms with van der Waals surface area (Å²) >= 11 is 0. The lowest BCUT2D eigenvalue weighted by molar-refractivity contribution is -0.124. The monoisotopic (exact) mass is 231 g/mol. The first-order valence-corrected chi connectivity index (χ1v) is 5.18. The Morgan fingerprint density at radius 3 is 2.06 bits per heavy atom. The molecule has 4 N–H and O–H groups in total. The number of hydrazine groups is 1. The Hall–Kier alpha value is -1.30. The van der Waals surface area contributed by atoms with Gasteiger partial charge in [0.1, 0.15) is 5.60 Å². The van der Waals surface area contributed by atoms with Crippen molar-refractivity contribution in [2.24, 2.45) is 11.7 Å². The second-order valence-electron chi connectivity index (χ2n) is 4.89. The van der Waals surface area contributed by atoms with Crippen molar-refractivity contribution in [2.75, 3.05) is 0 Å². The number of carbonyl (C=O) groups excluding carboxylic acids is 2. The van der Waals surface area contributed by atoms with Crippen LogP contribution in [0.1, 0.15) is 34.6 Å². The first-order valence-electron chi connectivity index (χ1n) is 5.18. The summed E-state index contributed by atoms with van der Waals surface area (Å²) in [6.45, 7) is 8.83. The summed E-state index contributed by atoms with van der Waals surface area (Å²) in [5, 5.41) is 0. The predicted octanol–water partition coefficient (Wildman–Crippen LogP) is 0.526. The molecule has 1 atom stereocenters. The standard InChI is InChI=1S/C10H21N3O3/c1-6(2)7(11)8(14)12-13-9(15)16-10(3,4)5/h6-7H,11H2,1-5H3,(H,12,14)(H,13,15)/t7-/m0/s1. The molecule has 0 saturated heterocycles. The van der Waals surface area contributed by atoms with Crippen molar-refractivity contribution in [1.29, 1.82) is 0 Å². The van der Waals surface area contributed by atoms with Crippen LogP contribution in [0, 0.1) is 5.92 Å². The SMILES string of the molecule is CC(C)[C@H](N)C(=O)NNC(=O)OC(C)(C)C. The summed E-state index contributed by atoms with van der Waals surface area (Å²) in [7, 11) is 0. The van der Waals surface area contributed by atoms with E-state index in [1.807, 2.05) is 13.8 Å². The van der Waals surface area contributed by atoms with Crippen LogP contribution in [-0.2, 0) is 9.53 Å². The Kier molecular flexibility index (Phi) is 5.23. The molecule has 0 heterocycles. The van der Waals surface area contributed by atoms with Gasteiger partial charge in [0.15, 0.2) is 0 Å². The molecule has 0 radical (unpaired) electrons. The normalized spacial score (nSPS) is 13.2. The van der Waals surface area contributed by atoms with Crippen LogP contribution < -0.4 is 16.6 Å². The van der Waals surface area contributed by atoms with E-state index in [0.717, 1.165) is 0 Å². The largest absolute Gasteiger partial charge is 0.443 e. The van der Waals surface area contributed by atoms with Gasteiger partial charge in [-0.25, -0.2) is 10.2 Å². The Labute approximate surface area is 95.9 Å². The third-order valence-electron chi connectivity index (χ3n) is 1.71. The molecule has 0 aromatic heterocycles. The highest BCUT2D eigenvalue weighted by Crippen LogP contribution is 2.05. The number of hydrogen-bond donors (Lipinski definition) is 3. The molecule has 0 aliphatic rings. The van der Waals surface area contributed by atoms with Crippen molar-refractivity contribution in [1.82, 2.24) is 10.9 Å². The van der Waals surface area contributed by atoms with Gasteiger partial charge in [0.25, 0.3) is 5.91 Å². The highest BCUT2D eigenvalue weighted by atomic mass is 16.6. The fraction of sp³-hybridized carbons (Fsp3) is 0.800. The average molecular weight is 231 g/mol. The Morgan fingerprint density at radius 2 is 1.69 bits per heavy atom. The van der Waals surface area contributed by atoms with Crippen molar-refractivity contribution in [3.05, 3.63) is 0 Å². The van der Waals surface area contributed by atoms with Gasteiger partial charge in [0.05, 0.1) is 6.04 Å². The Balaban J connectivity index is 3.98. The van der Waals surface area contributed by atoms with E-state index in [-0.39, 0.29) is 5.92 Å². The van der Waals surface area contributed by atoms with E-state index in [9.17, 15) is 9.59 Å². The van der Waals surface area contributed by atoms with Crippen molar-refractivity contribution in [3.63, 3.8) is 0 Å². The van der Waals surface area contributed by atoms with Crippen molar-refractivity contribution >= 4 is 12.0 Å². The Morgan fingerprint density at radius 1 is 1.19 bits per heavy atom. The zero-order valence-corrected chi connectivity index (χ0v) is 10.5.